The highest BCUT2D eigenvalue weighted by Gasteiger charge is 2.08. The first-order valence-corrected chi connectivity index (χ1v) is 7.65. The van der Waals surface area contributed by atoms with Gasteiger partial charge >= 0.3 is 0 Å². The van der Waals surface area contributed by atoms with Gasteiger partial charge in [0, 0.05) is 44.5 Å². The van der Waals surface area contributed by atoms with E-state index in [9.17, 15) is 9.59 Å². The highest BCUT2D eigenvalue weighted by molar-refractivity contribution is 5.91. The third-order valence-corrected chi connectivity index (χ3v) is 3.10. The molecule has 0 aromatic carbocycles. The summed E-state index contributed by atoms with van der Waals surface area (Å²) in [6.07, 6.45) is 0. The molecule has 3 N–H and O–H groups in total. The SMILES string of the molecule is CCNc1nc(C)cc(NCCNC(=O)c2ccc(=O)n(C)n2)n1. The van der Waals surface area contributed by atoms with Crippen molar-refractivity contribution in [3.63, 3.8) is 0 Å². The third-order valence-electron chi connectivity index (χ3n) is 3.10. The van der Waals surface area contributed by atoms with E-state index < -0.39 is 0 Å². The van der Waals surface area contributed by atoms with E-state index in [2.05, 4.69) is 31.0 Å². The largest absolute Gasteiger partial charge is 0.368 e. The van der Waals surface area contributed by atoms with E-state index in [4.69, 9.17) is 0 Å². The number of anilines is 2. The van der Waals surface area contributed by atoms with E-state index >= 15 is 0 Å². The average Bonchev–Trinajstić information content (AvgIpc) is 2.54. The summed E-state index contributed by atoms with van der Waals surface area (Å²) >= 11 is 0. The minimum absolute atomic E-state index is 0.199. The molecule has 0 aliphatic rings. The van der Waals surface area contributed by atoms with Crippen LogP contribution in [0.1, 0.15) is 23.1 Å². The molecule has 0 aliphatic carbocycles. The van der Waals surface area contributed by atoms with Crippen LogP contribution >= 0.6 is 0 Å². The number of carbonyl (C=O) groups is 1. The molecule has 1 amide bonds. The van der Waals surface area contributed by atoms with Gasteiger partial charge in [0.1, 0.15) is 11.5 Å². The highest BCUT2D eigenvalue weighted by atomic mass is 16.2. The van der Waals surface area contributed by atoms with Gasteiger partial charge in [-0.05, 0) is 19.9 Å². The van der Waals surface area contributed by atoms with Crippen molar-refractivity contribution in [1.29, 1.82) is 0 Å². The quantitative estimate of drug-likeness (QED) is 0.619. The topological polar surface area (TPSA) is 114 Å². The summed E-state index contributed by atoms with van der Waals surface area (Å²) in [6.45, 7) is 5.50. The zero-order chi connectivity index (χ0) is 17.5. The van der Waals surface area contributed by atoms with Gasteiger partial charge in [0.05, 0.1) is 0 Å². The summed E-state index contributed by atoms with van der Waals surface area (Å²) in [5.74, 6) is 0.922. The summed E-state index contributed by atoms with van der Waals surface area (Å²) in [6, 6.07) is 4.55. The van der Waals surface area contributed by atoms with Gasteiger partial charge in [0.2, 0.25) is 5.95 Å². The first-order valence-electron chi connectivity index (χ1n) is 7.65. The number of nitrogens with one attached hydrogen (secondary N) is 3. The number of rotatable bonds is 7. The summed E-state index contributed by atoms with van der Waals surface area (Å²) in [4.78, 5) is 31.8. The Labute approximate surface area is 139 Å². The second-order valence-corrected chi connectivity index (χ2v) is 5.11. The molecule has 0 bridgehead atoms. The van der Waals surface area contributed by atoms with Crippen LogP contribution in [0.4, 0.5) is 11.8 Å². The second kappa shape index (κ2) is 8.04. The van der Waals surface area contributed by atoms with Crippen LogP contribution in [0.25, 0.3) is 0 Å². The van der Waals surface area contributed by atoms with Gasteiger partial charge in [0.15, 0.2) is 0 Å². The van der Waals surface area contributed by atoms with Crippen molar-refractivity contribution < 1.29 is 4.79 Å². The van der Waals surface area contributed by atoms with E-state index in [1.807, 2.05) is 19.9 Å². The molecule has 0 spiro atoms. The number of aromatic nitrogens is 4. The number of amides is 1. The molecule has 2 heterocycles. The summed E-state index contributed by atoms with van der Waals surface area (Å²) < 4.78 is 1.12. The van der Waals surface area contributed by atoms with Crippen LogP contribution in [-0.4, -0.2) is 45.3 Å². The molecule has 2 aromatic heterocycles. The van der Waals surface area contributed by atoms with Crippen LogP contribution in [-0.2, 0) is 7.05 Å². The summed E-state index contributed by atoms with van der Waals surface area (Å²) in [5, 5.41) is 12.8. The van der Waals surface area contributed by atoms with Crippen LogP contribution in [0.5, 0.6) is 0 Å². The van der Waals surface area contributed by atoms with E-state index in [0.29, 0.717) is 24.9 Å². The number of nitrogens with zero attached hydrogens (tertiary/aromatic N) is 4. The van der Waals surface area contributed by atoms with Crippen molar-refractivity contribution in [2.24, 2.45) is 7.05 Å². The molecular formula is C15H21N7O2. The van der Waals surface area contributed by atoms with Crippen LogP contribution in [0.3, 0.4) is 0 Å². The van der Waals surface area contributed by atoms with Crippen molar-refractivity contribution in [2.75, 3.05) is 30.3 Å². The summed E-state index contributed by atoms with van der Waals surface area (Å²) in [7, 11) is 1.50. The third kappa shape index (κ3) is 4.77. The van der Waals surface area contributed by atoms with E-state index in [1.165, 1.54) is 19.2 Å². The minimum atomic E-state index is -0.334. The van der Waals surface area contributed by atoms with Crippen molar-refractivity contribution in [3.05, 3.63) is 39.9 Å². The highest BCUT2D eigenvalue weighted by Crippen LogP contribution is 2.08. The van der Waals surface area contributed by atoms with Crippen LogP contribution in [0, 0.1) is 6.92 Å². The Morgan fingerprint density at radius 1 is 1.21 bits per heavy atom. The number of hydrogen-bond acceptors (Lipinski definition) is 7. The molecule has 9 nitrogen and oxygen atoms in total. The van der Waals surface area contributed by atoms with Gasteiger partial charge in [-0.15, -0.1) is 0 Å². The molecule has 0 fully saturated rings. The molecule has 9 heteroatoms. The van der Waals surface area contributed by atoms with Crippen molar-refractivity contribution in [2.45, 2.75) is 13.8 Å². The molecule has 0 radical (unpaired) electrons. The fourth-order valence-electron chi connectivity index (χ4n) is 1.98. The Balaban J connectivity index is 1.85. The Morgan fingerprint density at radius 3 is 2.71 bits per heavy atom. The Morgan fingerprint density at radius 2 is 2.00 bits per heavy atom. The minimum Gasteiger partial charge on any atom is -0.368 e. The zero-order valence-corrected chi connectivity index (χ0v) is 14.0. The Hall–Kier alpha value is -2.97. The van der Waals surface area contributed by atoms with E-state index in [1.54, 1.807) is 0 Å². The normalized spacial score (nSPS) is 10.3. The molecule has 0 atom stereocenters. The lowest BCUT2D eigenvalue weighted by Crippen LogP contribution is -2.31. The van der Waals surface area contributed by atoms with Gasteiger partial charge in [-0.25, -0.2) is 9.67 Å². The number of carbonyl (C=O) groups excluding carboxylic acids is 1. The monoisotopic (exact) mass is 331 g/mol. The molecule has 2 aromatic rings. The molecule has 0 saturated carbocycles. The van der Waals surface area contributed by atoms with Crippen molar-refractivity contribution in [1.82, 2.24) is 25.1 Å². The van der Waals surface area contributed by atoms with Crippen molar-refractivity contribution in [3.8, 4) is 0 Å². The molecule has 24 heavy (non-hydrogen) atoms. The Bertz CT molecular complexity index is 773. The maximum atomic E-state index is 12.0. The molecule has 0 aliphatic heterocycles. The standard InChI is InChI=1S/C15H21N7O2/c1-4-16-15-19-10(2)9-12(20-15)17-7-8-18-14(24)11-5-6-13(23)22(3)21-11/h5-6,9H,4,7-8H2,1-3H3,(H,18,24)(H2,16,17,19,20). The van der Waals surface area contributed by atoms with Gasteiger partial charge < -0.3 is 16.0 Å². The van der Waals surface area contributed by atoms with Gasteiger partial charge in [-0.3, -0.25) is 9.59 Å². The maximum Gasteiger partial charge on any atom is 0.271 e. The smallest absolute Gasteiger partial charge is 0.271 e. The van der Waals surface area contributed by atoms with Crippen LogP contribution in [0.15, 0.2) is 23.0 Å². The molecule has 128 valence electrons. The van der Waals surface area contributed by atoms with Gasteiger partial charge in [-0.1, -0.05) is 0 Å². The lowest BCUT2D eigenvalue weighted by atomic mass is 10.3. The first-order chi connectivity index (χ1) is 11.5. The average molecular weight is 331 g/mol. The van der Waals surface area contributed by atoms with Gasteiger partial charge in [0.25, 0.3) is 11.5 Å². The lowest BCUT2D eigenvalue weighted by Gasteiger charge is -2.10. The Kier molecular flexibility index (Phi) is 5.83. The van der Waals surface area contributed by atoms with Crippen LogP contribution in [0.2, 0.25) is 0 Å². The van der Waals surface area contributed by atoms with Gasteiger partial charge in [-0.2, -0.15) is 10.1 Å². The lowest BCUT2D eigenvalue weighted by molar-refractivity contribution is 0.0948. The van der Waals surface area contributed by atoms with Crippen molar-refractivity contribution >= 4 is 17.7 Å². The zero-order valence-electron chi connectivity index (χ0n) is 14.0. The molecule has 0 unspecified atom stereocenters. The fourth-order valence-corrected chi connectivity index (χ4v) is 1.98. The summed E-state index contributed by atoms with van der Waals surface area (Å²) in [5.41, 5.74) is 0.787. The molecular weight excluding hydrogens is 310 g/mol. The first kappa shape index (κ1) is 17.4. The fraction of sp³-hybridized carbons (Fsp3) is 0.400. The predicted molar refractivity (Wildman–Crippen MR) is 91.2 cm³/mol. The number of hydrogen-bond donors (Lipinski definition) is 3. The maximum absolute atomic E-state index is 12.0. The van der Waals surface area contributed by atoms with E-state index in [-0.39, 0.29) is 17.2 Å². The molecule has 0 saturated heterocycles. The second-order valence-electron chi connectivity index (χ2n) is 5.11. The predicted octanol–water partition coefficient (Wildman–Crippen LogP) is 0.152. The molecule has 2 rings (SSSR count). The number of aryl methyl sites for hydroxylation is 2. The van der Waals surface area contributed by atoms with E-state index in [0.717, 1.165) is 16.9 Å². The van der Waals surface area contributed by atoms with Crippen LogP contribution < -0.4 is 21.5 Å².